The van der Waals surface area contributed by atoms with E-state index in [4.69, 9.17) is 16.3 Å². The van der Waals surface area contributed by atoms with E-state index in [2.05, 4.69) is 11.4 Å². The Hall–Kier alpha value is -0.570. The number of hydrogen-bond donors (Lipinski definition) is 1. The van der Waals surface area contributed by atoms with Crippen LogP contribution in [0.15, 0.2) is 24.3 Å². The number of rotatable bonds is 4. The van der Waals surface area contributed by atoms with Crippen LogP contribution in [0.25, 0.3) is 0 Å². The molecule has 2 nitrogen and oxygen atoms in total. The summed E-state index contributed by atoms with van der Waals surface area (Å²) in [6.07, 6.45) is 2.68. The third-order valence-electron chi connectivity index (χ3n) is 2.97. The first-order chi connectivity index (χ1) is 7.29. The maximum Gasteiger partial charge on any atom is 0.0601 e. The summed E-state index contributed by atoms with van der Waals surface area (Å²) in [6.45, 7) is 0.848. The Kier molecular flexibility index (Phi) is 3.62. The van der Waals surface area contributed by atoms with E-state index in [1.807, 2.05) is 18.2 Å². The number of hydrogen-bond acceptors (Lipinski definition) is 2. The highest BCUT2D eigenvalue weighted by Crippen LogP contribution is 2.23. The highest BCUT2D eigenvalue weighted by molar-refractivity contribution is 6.31. The Labute approximate surface area is 95.6 Å². The first-order valence-electron chi connectivity index (χ1n) is 5.29. The second-order valence-corrected chi connectivity index (χ2v) is 4.41. The van der Waals surface area contributed by atoms with Gasteiger partial charge < -0.3 is 10.1 Å². The predicted molar refractivity (Wildman–Crippen MR) is 62.1 cm³/mol. The van der Waals surface area contributed by atoms with Crippen molar-refractivity contribution in [2.24, 2.45) is 0 Å². The van der Waals surface area contributed by atoms with Crippen LogP contribution < -0.4 is 5.32 Å². The van der Waals surface area contributed by atoms with Crippen LogP contribution in [0, 0.1) is 0 Å². The normalized spacial score (nSPS) is 24.9. The van der Waals surface area contributed by atoms with Crippen molar-refractivity contribution in [1.82, 2.24) is 5.32 Å². The maximum absolute atomic E-state index is 6.06. The van der Waals surface area contributed by atoms with Crippen LogP contribution >= 0.6 is 11.6 Å². The molecule has 1 aromatic rings. The van der Waals surface area contributed by atoms with Gasteiger partial charge in [-0.25, -0.2) is 0 Å². The maximum atomic E-state index is 6.06. The molecule has 1 aromatic carbocycles. The number of ether oxygens (including phenoxy) is 1. The van der Waals surface area contributed by atoms with Gasteiger partial charge in [-0.15, -0.1) is 0 Å². The molecule has 0 heterocycles. The van der Waals surface area contributed by atoms with Crippen LogP contribution in [0.5, 0.6) is 0 Å². The lowest BCUT2D eigenvalue weighted by Gasteiger charge is -2.34. The molecule has 1 fully saturated rings. The largest absolute Gasteiger partial charge is 0.381 e. The molecule has 2 rings (SSSR count). The molecule has 0 amide bonds. The molecule has 1 saturated carbocycles. The zero-order valence-electron chi connectivity index (χ0n) is 8.87. The van der Waals surface area contributed by atoms with Crippen molar-refractivity contribution >= 4 is 11.6 Å². The third kappa shape index (κ3) is 2.71. The first-order valence-corrected chi connectivity index (χ1v) is 5.67. The molecule has 1 aliphatic rings. The molecule has 0 bridgehead atoms. The van der Waals surface area contributed by atoms with E-state index in [-0.39, 0.29) is 0 Å². The van der Waals surface area contributed by atoms with E-state index in [9.17, 15) is 0 Å². The van der Waals surface area contributed by atoms with Crippen molar-refractivity contribution in [3.63, 3.8) is 0 Å². The summed E-state index contributed by atoms with van der Waals surface area (Å²) in [5.74, 6) is 0. The summed E-state index contributed by atoms with van der Waals surface area (Å²) < 4.78 is 5.23. The molecule has 0 saturated heterocycles. The van der Waals surface area contributed by atoms with Gasteiger partial charge in [-0.05, 0) is 24.5 Å². The van der Waals surface area contributed by atoms with Crippen molar-refractivity contribution < 1.29 is 4.74 Å². The second kappa shape index (κ2) is 4.97. The average molecular weight is 226 g/mol. The fraction of sp³-hybridized carbons (Fsp3) is 0.500. The molecule has 0 spiro atoms. The molecule has 0 aliphatic heterocycles. The molecule has 1 N–H and O–H groups in total. The molecular weight excluding hydrogens is 210 g/mol. The van der Waals surface area contributed by atoms with E-state index >= 15 is 0 Å². The highest BCUT2D eigenvalue weighted by Gasteiger charge is 2.28. The summed E-state index contributed by atoms with van der Waals surface area (Å²) in [5, 5.41) is 4.32. The lowest BCUT2D eigenvalue weighted by molar-refractivity contribution is 0.0170. The van der Waals surface area contributed by atoms with Crippen LogP contribution in [0.2, 0.25) is 5.02 Å². The van der Waals surface area contributed by atoms with E-state index in [0.29, 0.717) is 12.1 Å². The van der Waals surface area contributed by atoms with Crippen molar-refractivity contribution in [1.29, 1.82) is 0 Å². The molecular formula is C12H16ClNO. The van der Waals surface area contributed by atoms with Gasteiger partial charge in [-0.2, -0.15) is 0 Å². The number of benzene rings is 1. The van der Waals surface area contributed by atoms with Gasteiger partial charge in [-0.1, -0.05) is 29.8 Å². The van der Waals surface area contributed by atoms with Gasteiger partial charge in [0.2, 0.25) is 0 Å². The van der Waals surface area contributed by atoms with Gasteiger partial charge >= 0.3 is 0 Å². The van der Waals surface area contributed by atoms with Gasteiger partial charge in [0.25, 0.3) is 0 Å². The van der Waals surface area contributed by atoms with Gasteiger partial charge in [0.1, 0.15) is 0 Å². The summed E-state index contributed by atoms with van der Waals surface area (Å²) in [4.78, 5) is 0. The highest BCUT2D eigenvalue weighted by atomic mass is 35.5. The standard InChI is InChI=1S/C12H16ClNO/c1-15-11-6-10(7-11)14-8-9-4-2-3-5-12(9)13/h2-5,10-11,14H,6-8H2,1H3. The molecule has 0 aromatic heterocycles. The minimum absolute atomic E-state index is 0.453. The minimum Gasteiger partial charge on any atom is -0.381 e. The number of nitrogens with one attached hydrogen (secondary N) is 1. The Morgan fingerprint density at radius 1 is 1.40 bits per heavy atom. The molecule has 1 aliphatic carbocycles. The lowest BCUT2D eigenvalue weighted by Crippen LogP contribution is -2.44. The zero-order chi connectivity index (χ0) is 10.7. The Balaban J connectivity index is 1.77. The summed E-state index contributed by atoms with van der Waals surface area (Å²) in [7, 11) is 1.77. The third-order valence-corrected chi connectivity index (χ3v) is 3.34. The quantitative estimate of drug-likeness (QED) is 0.851. The second-order valence-electron chi connectivity index (χ2n) is 4.00. The Morgan fingerprint density at radius 2 is 2.13 bits per heavy atom. The van der Waals surface area contributed by atoms with Crippen LogP contribution in [-0.4, -0.2) is 19.3 Å². The molecule has 3 heteroatoms. The van der Waals surface area contributed by atoms with E-state index in [0.717, 1.165) is 24.4 Å². The average Bonchev–Trinajstić information content (AvgIpc) is 2.18. The van der Waals surface area contributed by atoms with E-state index in [1.54, 1.807) is 7.11 Å². The smallest absolute Gasteiger partial charge is 0.0601 e. The summed E-state index contributed by atoms with van der Waals surface area (Å²) >= 11 is 6.06. The zero-order valence-corrected chi connectivity index (χ0v) is 9.63. The monoisotopic (exact) mass is 225 g/mol. The van der Waals surface area contributed by atoms with Crippen molar-refractivity contribution in [3.8, 4) is 0 Å². The van der Waals surface area contributed by atoms with Gasteiger partial charge in [0.15, 0.2) is 0 Å². The molecule has 0 atom stereocenters. The first kappa shape index (κ1) is 10.9. The van der Waals surface area contributed by atoms with Crippen LogP contribution in [0.4, 0.5) is 0 Å². The van der Waals surface area contributed by atoms with E-state index < -0.39 is 0 Å². The van der Waals surface area contributed by atoms with E-state index in [1.165, 1.54) is 5.56 Å². The molecule has 82 valence electrons. The van der Waals surface area contributed by atoms with Crippen LogP contribution in [0.3, 0.4) is 0 Å². The molecule has 0 unspecified atom stereocenters. The summed E-state index contributed by atoms with van der Waals surface area (Å²) in [5.41, 5.74) is 1.17. The van der Waals surface area contributed by atoms with Crippen LogP contribution in [-0.2, 0) is 11.3 Å². The number of halogens is 1. The Bertz CT molecular complexity index is 323. The van der Waals surface area contributed by atoms with Crippen molar-refractivity contribution in [3.05, 3.63) is 34.9 Å². The molecule has 0 radical (unpaired) electrons. The molecule has 15 heavy (non-hydrogen) atoms. The fourth-order valence-electron chi connectivity index (χ4n) is 1.82. The van der Waals surface area contributed by atoms with Gasteiger partial charge in [0.05, 0.1) is 6.10 Å². The van der Waals surface area contributed by atoms with Crippen molar-refractivity contribution in [2.45, 2.75) is 31.5 Å². The topological polar surface area (TPSA) is 21.3 Å². The Morgan fingerprint density at radius 3 is 2.80 bits per heavy atom. The summed E-state index contributed by atoms with van der Waals surface area (Å²) in [6, 6.07) is 8.54. The van der Waals surface area contributed by atoms with Gasteiger partial charge in [0, 0.05) is 24.7 Å². The van der Waals surface area contributed by atoms with Crippen molar-refractivity contribution in [2.75, 3.05) is 7.11 Å². The predicted octanol–water partition coefficient (Wildman–Crippen LogP) is 2.61. The van der Waals surface area contributed by atoms with Crippen LogP contribution in [0.1, 0.15) is 18.4 Å². The SMILES string of the molecule is COC1CC(NCc2ccccc2Cl)C1. The van der Waals surface area contributed by atoms with Gasteiger partial charge in [-0.3, -0.25) is 0 Å². The fourth-order valence-corrected chi connectivity index (χ4v) is 2.02. The lowest BCUT2D eigenvalue weighted by atomic mass is 9.89. The minimum atomic E-state index is 0.453. The number of methoxy groups -OCH3 is 1.